The standard InChI is InChI=1S/C15H13N3O3/c1-2-19-10-3-4-11-15(21-8-20-11)12(10)14-13-9(5-6-16-13)17-7-18-14/h3-7,16H,2,8H2,1H3. The topological polar surface area (TPSA) is 69.3 Å². The number of hydrogen-bond acceptors (Lipinski definition) is 5. The minimum Gasteiger partial charge on any atom is -0.493 e. The van der Waals surface area contributed by atoms with E-state index in [1.54, 1.807) is 0 Å². The van der Waals surface area contributed by atoms with Crippen LogP contribution in [-0.2, 0) is 0 Å². The van der Waals surface area contributed by atoms with E-state index < -0.39 is 0 Å². The maximum absolute atomic E-state index is 5.73. The highest BCUT2D eigenvalue weighted by Crippen LogP contribution is 2.47. The molecule has 3 heterocycles. The van der Waals surface area contributed by atoms with Gasteiger partial charge in [-0.25, -0.2) is 9.97 Å². The van der Waals surface area contributed by atoms with Crippen LogP contribution in [0.2, 0.25) is 0 Å². The summed E-state index contributed by atoms with van der Waals surface area (Å²) >= 11 is 0. The van der Waals surface area contributed by atoms with E-state index in [1.807, 2.05) is 31.3 Å². The third-order valence-electron chi connectivity index (χ3n) is 3.38. The van der Waals surface area contributed by atoms with Crippen molar-refractivity contribution in [2.75, 3.05) is 13.4 Å². The maximum atomic E-state index is 5.73. The number of benzene rings is 1. The molecule has 0 atom stereocenters. The van der Waals surface area contributed by atoms with Gasteiger partial charge in [-0.2, -0.15) is 0 Å². The van der Waals surface area contributed by atoms with Crippen molar-refractivity contribution in [3.8, 4) is 28.5 Å². The zero-order valence-corrected chi connectivity index (χ0v) is 11.4. The van der Waals surface area contributed by atoms with E-state index in [9.17, 15) is 0 Å². The first-order valence-corrected chi connectivity index (χ1v) is 6.72. The summed E-state index contributed by atoms with van der Waals surface area (Å²) in [7, 11) is 0. The number of rotatable bonds is 3. The van der Waals surface area contributed by atoms with Gasteiger partial charge in [-0.15, -0.1) is 0 Å². The van der Waals surface area contributed by atoms with Gasteiger partial charge in [-0.3, -0.25) is 0 Å². The number of aromatic amines is 1. The first-order chi connectivity index (χ1) is 10.4. The van der Waals surface area contributed by atoms with Crippen LogP contribution in [0.3, 0.4) is 0 Å². The lowest BCUT2D eigenvalue weighted by Crippen LogP contribution is -1.98. The Morgan fingerprint density at radius 1 is 1.24 bits per heavy atom. The summed E-state index contributed by atoms with van der Waals surface area (Å²) in [5.41, 5.74) is 3.24. The zero-order chi connectivity index (χ0) is 14.2. The van der Waals surface area contributed by atoms with Crippen LogP contribution in [-0.4, -0.2) is 28.4 Å². The summed E-state index contributed by atoms with van der Waals surface area (Å²) < 4.78 is 16.8. The second-order valence-corrected chi connectivity index (χ2v) is 4.57. The van der Waals surface area contributed by atoms with Crippen LogP contribution in [0.5, 0.6) is 17.2 Å². The van der Waals surface area contributed by atoms with Crippen LogP contribution in [0.15, 0.2) is 30.7 Å². The Balaban J connectivity index is 2.02. The second kappa shape index (κ2) is 4.66. The number of hydrogen-bond donors (Lipinski definition) is 1. The molecule has 1 aliphatic heterocycles. The van der Waals surface area contributed by atoms with Gasteiger partial charge in [-0.1, -0.05) is 0 Å². The number of ether oxygens (including phenoxy) is 3. The number of nitrogens with zero attached hydrogens (tertiary/aromatic N) is 2. The van der Waals surface area contributed by atoms with Crippen LogP contribution < -0.4 is 14.2 Å². The third-order valence-corrected chi connectivity index (χ3v) is 3.38. The van der Waals surface area contributed by atoms with Crippen LogP contribution in [0.4, 0.5) is 0 Å². The molecule has 0 fully saturated rings. The molecule has 6 heteroatoms. The van der Waals surface area contributed by atoms with E-state index >= 15 is 0 Å². The minimum absolute atomic E-state index is 0.205. The van der Waals surface area contributed by atoms with Crippen LogP contribution in [0.1, 0.15) is 6.92 Å². The Morgan fingerprint density at radius 3 is 3.10 bits per heavy atom. The number of fused-ring (bicyclic) bond motifs is 2. The molecule has 1 N–H and O–H groups in total. The molecule has 21 heavy (non-hydrogen) atoms. The Labute approximate surface area is 120 Å². The van der Waals surface area contributed by atoms with Gasteiger partial charge in [0.05, 0.1) is 23.2 Å². The van der Waals surface area contributed by atoms with Crippen molar-refractivity contribution in [3.05, 3.63) is 30.7 Å². The normalized spacial score (nSPS) is 12.8. The lowest BCUT2D eigenvalue weighted by Gasteiger charge is -2.12. The Bertz CT molecular complexity index is 813. The number of aromatic nitrogens is 3. The van der Waals surface area contributed by atoms with E-state index in [0.717, 1.165) is 28.0 Å². The van der Waals surface area contributed by atoms with Gasteiger partial charge in [0.15, 0.2) is 11.5 Å². The van der Waals surface area contributed by atoms with Gasteiger partial charge >= 0.3 is 0 Å². The summed E-state index contributed by atoms with van der Waals surface area (Å²) in [5.74, 6) is 2.08. The molecule has 106 valence electrons. The van der Waals surface area contributed by atoms with E-state index in [-0.39, 0.29) is 6.79 Å². The molecule has 0 radical (unpaired) electrons. The fourth-order valence-corrected chi connectivity index (χ4v) is 2.52. The molecule has 0 bridgehead atoms. The molecule has 2 aromatic heterocycles. The molecule has 0 amide bonds. The number of nitrogens with one attached hydrogen (secondary N) is 1. The zero-order valence-electron chi connectivity index (χ0n) is 11.4. The average molecular weight is 283 g/mol. The fourth-order valence-electron chi connectivity index (χ4n) is 2.52. The predicted molar refractivity (Wildman–Crippen MR) is 76.6 cm³/mol. The largest absolute Gasteiger partial charge is 0.493 e. The molecule has 6 nitrogen and oxygen atoms in total. The highest BCUT2D eigenvalue weighted by Gasteiger charge is 2.25. The SMILES string of the molecule is CCOc1ccc2c(c1-c1ncnc3cc[nH]c13)OCO2. The first-order valence-electron chi connectivity index (χ1n) is 6.72. The van der Waals surface area contributed by atoms with Gasteiger partial charge in [0.1, 0.15) is 17.8 Å². The molecule has 0 spiro atoms. The fraction of sp³-hybridized carbons (Fsp3) is 0.200. The average Bonchev–Trinajstić information content (AvgIpc) is 3.15. The van der Waals surface area contributed by atoms with Crippen LogP contribution in [0.25, 0.3) is 22.3 Å². The van der Waals surface area contributed by atoms with Crippen molar-refractivity contribution >= 4 is 11.0 Å². The predicted octanol–water partition coefficient (Wildman–Crippen LogP) is 2.75. The molecule has 3 aromatic rings. The first kappa shape index (κ1) is 12.0. The van der Waals surface area contributed by atoms with E-state index in [0.29, 0.717) is 18.1 Å². The third kappa shape index (κ3) is 1.79. The Hall–Kier alpha value is -2.76. The van der Waals surface area contributed by atoms with E-state index in [1.165, 1.54) is 6.33 Å². The van der Waals surface area contributed by atoms with Crippen molar-refractivity contribution in [2.24, 2.45) is 0 Å². The Kier molecular flexibility index (Phi) is 2.67. The van der Waals surface area contributed by atoms with E-state index in [2.05, 4.69) is 15.0 Å². The van der Waals surface area contributed by atoms with Crippen molar-refractivity contribution < 1.29 is 14.2 Å². The molecule has 4 rings (SSSR count). The summed E-state index contributed by atoms with van der Waals surface area (Å²) in [6, 6.07) is 5.63. The highest BCUT2D eigenvalue weighted by atomic mass is 16.7. The molecular weight excluding hydrogens is 270 g/mol. The second-order valence-electron chi connectivity index (χ2n) is 4.57. The molecule has 0 unspecified atom stereocenters. The van der Waals surface area contributed by atoms with Gasteiger partial charge < -0.3 is 19.2 Å². The summed E-state index contributed by atoms with van der Waals surface area (Å²) in [6.07, 6.45) is 3.38. The lowest BCUT2D eigenvalue weighted by atomic mass is 10.1. The van der Waals surface area contributed by atoms with Gasteiger partial charge in [0, 0.05) is 6.20 Å². The van der Waals surface area contributed by atoms with Gasteiger partial charge in [0.2, 0.25) is 6.79 Å². The van der Waals surface area contributed by atoms with Gasteiger partial charge in [-0.05, 0) is 25.1 Å². The monoisotopic (exact) mass is 283 g/mol. The van der Waals surface area contributed by atoms with E-state index in [4.69, 9.17) is 14.2 Å². The summed E-state index contributed by atoms with van der Waals surface area (Å²) in [6.45, 7) is 2.71. The molecule has 0 saturated heterocycles. The van der Waals surface area contributed by atoms with Crippen molar-refractivity contribution in [1.29, 1.82) is 0 Å². The van der Waals surface area contributed by atoms with Gasteiger partial charge in [0.25, 0.3) is 0 Å². The minimum atomic E-state index is 0.205. The van der Waals surface area contributed by atoms with Crippen molar-refractivity contribution in [2.45, 2.75) is 6.92 Å². The quantitative estimate of drug-likeness (QED) is 0.800. The molecule has 1 aliphatic rings. The highest BCUT2D eigenvalue weighted by molar-refractivity contribution is 5.94. The van der Waals surface area contributed by atoms with Crippen LogP contribution in [0, 0.1) is 0 Å². The summed E-state index contributed by atoms with van der Waals surface area (Å²) in [5, 5.41) is 0. The maximum Gasteiger partial charge on any atom is 0.231 e. The summed E-state index contributed by atoms with van der Waals surface area (Å²) in [4.78, 5) is 11.8. The Morgan fingerprint density at radius 2 is 2.19 bits per heavy atom. The molecular formula is C15H13N3O3. The van der Waals surface area contributed by atoms with Crippen molar-refractivity contribution in [1.82, 2.24) is 15.0 Å². The van der Waals surface area contributed by atoms with Crippen LogP contribution >= 0.6 is 0 Å². The number of H-pyrrole nitrogens is 1. The lowest BCUT2D eigenvalue weighted by molar-refractivity contribution is 0.174. The van der Waals surface area contributed by atoms with Crippen molar-refractivity contribution in [3.63, 3.8) is 0 Å². The molecule has 0 aliphatic carbocycles. The smallest absolute Gasteiger partial charge is 0.231 e. The molecule has 1 aromatic carbocycles. The molecule has 0 saturated carbocycles.